The van der Waals surface area contributed by atoms with Crippen molar-refractivity contribution in [1.82, 2.24) is 15.6 Å². The van der Waals surface area contributed by atoms with E-state index in [0.29, 0.717) is 25.8 Å². The minimum Gasteiger partial charge on any atom is -0.480 e. The van der Waals surface area contributed by atoms with Gasteiger partial charge in [0.25, 0.3) is 0 Å². The average Bonchev–Trinajstić information content (AvgIpc) is 3.08. The van der Waals surface area contributed by atoms with Crippen LogP contribution in [0.3, 0.4) is 0 Å². The van der Waals surface area contributed by atoms with Crippen molar-refractivity contribution in [3.63, 3.8) is 0 Å². The normalized spacial score (nSPS) is 13.4. The Morgan fingerprint density at radius 1 is 1.19 bits per heavy atom. The highest BCUT2D eigenvalue weighted by molar-refractivity contribution is 5.88. The second-order valence-corrected chi connectivity index (χ2v) is 8.49. The van der Waals surface area contributed by atoms with Crippen LogP contribution in [0.1, 0.15) is 45.6 Å². The number of rotatable bonds is 10. The molecule has 0 aliphatic heterocycles. The number of aromatic nitrogens is 1. The lowest BCUT2D eigenvalue weighted by molar-refractivity contribution is -0.142. The van der Waals surface area contributed by atoms with Crippen LogP contribution in [-0.4, -0.2) is 52.3 Å². The first-order chi connectivity index (χ1) is 14.6. The Labute approximate surface area is 181 Å². The maximum absolute atomic E-state index is 12.4. The third kappa shape index (κ3) is 7.93. The topological polar surface area (TPSA) is 147 Å². The Balaban J connectivity index is 1.78. The molecule has 0 saturated carbocycles. The third-order valence-corrected chi connectivity index (χ3v) is 4.65. The van der Waals surface area contributed by atoms with Gasteiger partial charge < -0.3 is 31.2 Å². The van der Waals surface area contributed by atoms with Gasteiger partial charge in [-0.1, -0.05) is 18.2 Å². The summed E-state index contributed by atoms with van der Waals surface area (Å²) < 4.78 is 5.14. The lowest BCUT2D eigenvalue weighted by Crippen LogP contribution is -2.49. The Hall–Kier alpha value is -3.07. The van der Waals surface area contributed by atoms with Gasteiger partial charge in [-0.2, -0.15) is 0 Å². The average molecular weight is 433 g/mol. The molecule has 170 valence electrons. The summed E-state index contributed by atoms with van der Waals surface area (Å²) in [6.45, 7) is 5.68. The molecule has 2 atom stereocenters. The molecule has 0 aliphatic carbocycles. The molecular weight excluding hydrogens is 400 g/mol. The number of para-hydroxylation sites is 1. The number of carbonyl (C=O) groups is 3. The van der Waals surface area contributed by atoms with Crippen LogP contribution in [0.15, 0.2) is 30.5 Å². The number of benzene rings is 1. The molecule has 1 aromatic heterocycles. The molecule has 9 heteroatoms. The number of carbonyl (C=O) groups excluding carboxylic acids is 2. The molecule has 9 nitrogen and oxygen atoms in total. The van der Waals surface area contributed by atoms with E-state index in [1.165, 1.54) is 0 Å². The first kappa shape index (κ1) is 24.2. The molecular formula is C22H32N4O5. The molecule has 0 spiro atoms. The number of nitrogens with one attached hydrogen (secondary N) is 3. The number of carboxylic acids is 1. The van der Waals surface area contributed by atoms with E-state index in [1.807, 2.05) is 30.5 Å². The number of alkyl carbamates (subject to hydrolysis) is 1. The predicted molar refractivity (Wildman–Crippen MR) is 118 cm³/mol. The van der Waals surface area contributed by atoms with E-state index in [0.717, 1.165) is 16.5 Å². The zero-order valence-corrected chi connectivity index (χ0v) is 18.2. The quantitative estimate of drug-likeness (QED) is 0.364. The summed E-state index contributed by atoms with van der Waals surface area (Å²) in [6, 6.07) is 5.79. The smallest absolute Gasteiger partial charge is 0.407 e. The number of carboxylic acid groups (broad SMARTS) is 1. The third-order valence-electron chi connectivity index (χ3n) is 4.65. The highest BCUT2D eigenvalue weighted by Crippen LogP contribution is 2.18. The van der Waals surface area contributed by atoms with Crippen molar-refractivity contribution >= 4 is 28.9 Å². The minimum absolute atomic E-state index is 0.233. The van der Waals surface area contributed by atoms with Crippen molar-refractivity contribution in [2.24, 2.45) is 5.73 Å². The van der Waals surface area contributed by atoms with Gasteiger partial charge in [0.1, 0.15) is 11.6 Å². The molecule has 31 heavy (non-hydrogen) atoms. The molecule has 0 saturated heterocycles. The van der Waals surface area contributed by atoms with Crippen LogP contribution in [0, 0.1) is 0 Å². The summed E-state index contributed by atoms with van der Waals surface area (Å²) in [4.78, 5) is 38.7. The van der Waals surface area contributed by atoms with Gasteiger partial charge in [0.2, 0.25) is 5.91 Å². The van der Waals surface area contributed by atoms with E-state index in [1.54, 1.807) is 20.8 Å². The second kappa shape index (κ2) is 10.8. The summed E-state index contributed by atoms with van der Waals surface area (Å²) in [5, 5.41) is 15.6. The van der Waals surface area contributed by atoms with Crippen LogP contribution in [0.25, 0.3) is 10.9 Å². The Morgan fingerprint density at radius 2 is 1.90 bits per heavy atom. The summed E-state index contributed by atoms with van der Waals surface area (Å²) in [5.74, 6) is -1.63. The number of hydrogen-bond acceptors (Lipinski definition) is 5. The van der Waals surface area contributed by atoms with E-state index in [4.69, 9.17) is 10.5 Å². The maximum atomic E-state index is 12.4. The van der Waals surface area contributed by atoms with E-state index in [2.05, 4.69) is 15.6 Å². The lowest BCUT2D eigenvalue weighted by Gasteiger charge is -2.20. The predicted octanol–water partition coefficient (Wildman–Crippen LogP) is 2.30. The fraction of sp³-hybridized carbons (Fsp3) is 0.500. The largest absolute Gasteiger partial charge is 0.480 e. The highest BCUT2D eigenvalue weighted by atomic mass is 16.6. The number of nitrogens with two attached hydrogens (primary N) is 1. The summed E-state index contributed by atoms with van der Waals surface area (Å²) >= 11 is 0. The molecule has 1 aromatic carbocycles. The first-order valence-corrected chi connectivity index (χ1v) is 10.4. The molecule has 0 fully saturated rings. The molecule has 1 heterocycles. The van der Waals surface area contributed by atoms with Crippen LogP contribution in [0.5, 0.6) is 0 Å². The fourth-order valence-corrected chi connectivity index (χ4v) is 3.14. The summed E-state index contributed by atoms with van der Waals surface area (Å²) in [7, 11) is 0. The Kier molecular flexibility index (Phi) is 8.44. The van der Waals surface area contributed by atoms with E-state index in [-0.39, 0.29) is 6.42 Å². The molecule has 0 aliphatic rings. The first-order valence-electron chi connectivity index (χ1n) is 10.4. The van der Waals surface area contributed by atoms with E-state index in [9.17, 15) is 19.5 Å². The maximum Gasteiger partial charge on any atom is 0.407 e. The standard InChI is InChI=1S/C22H32N4O5/c1-22(2,3)31-21(30)24-11-7-6-10-18(20(28)29)26-19(27)16(23)12-14-13-25-17-9-5-4-8-15(14)17/h4-5,8-9,13,16,18,25H,6-7,10-12,23H2,1-3H3,(H,24,30)(H,26,27)(H,28,29)/t16-,18-/m0/s1. The number of aliphatic carboxylic acids is 1. The van der Waals surface area contributed by atoms with Crippen molar-refractivity contribution in [2.75, 3.05) is 6.54 Å². The van der Waals surface area contributed by atoms with Crippen LogP contribution in [0.4, 0.5) is 4.79 Å². The minimum atomic E-state index is -1.12. The lowest BCUT2D eigenvalue weighted by atomic mass is 10.0. The van der Waals surface area contributed by atoms with Gasteiger partial charge in [-0.05, 0) is 58.1 Å². The van der Waals surface area contributed by atoms with Gasteiger partial charge in [-0.3, -0.25) is 4.79 Å². The number of hydrogen-bond donors (Lipinski definition) is 5. The van der Waals surface area contributed by atoms with Crippen LogP contribution < -0.4 is 16.4 Å². The highest BCUT2D eigenvalue weighted by Gasteiger charge is 2.24. The van der Waals surface area contributed by atoms with Crippen molar-refractivity contribution in [3.05, 3.63) is 36.0 Å². The van der Waals surface area contributed by atoms with Crippen molar-refractivity contribution < 1.29 is 24.2 Å². The van der Waals surface area contributed by atoms with Gasteiger partial charge in [-0.15, -0.1) is 0 Å². The summed E-state index contributed by atoms with van der Waals surface area (Å²) in [6.07, 6.45) is 2.88. The van der Waals surface area contributed by atoms with Crippen LogP contribution >= 0.6 is 0 Å². The zero-order chi connectivity index (χ0) is 23.0. The molecule has 6 N–H and O–H groups in total. The molecule has 2 amide bonds. The number of H-pyrrole nitrogens is 1. The van der Waals surface area contributed by atoms with Gasteiger partial charge in [0.05, 0.1) is 6.04 Å². The number of fused-ring (bicyclic) bond motifs is 1. The van der Waals surface area contributed by atoms with Crippen LogP contribution in [0.2, 0.25) is 0 Å². The number of aromatic amines is 1. The Morgan fingerprint density at radius 3 is 2.58 bits per heavy atom. The Bertz CT molecular complexity index is 903. The number of unbranched alkanes of at least 4 members (excludes halogenated alkanes) is 1. The van der Waals surface area contributed by atoms with Crippen LogP contribution in [-0.2, 0) is 20.7 Å². The molecule has 2 aromatic rings. The molecule has 0 radical (unpaired) electrons. The molecule has 0 bridgehead atoms. The van der Waals surface area contributed by atoms with Gasteiger partial charge in [0, 0.05) is 23.6 Å². The molecule has 2 rings (SSSR count). The summed E-state index contributed by atoms with van der Waals surface area (Å²) in [5.41, 5.74) is 7.31. The van der Waals surface area contributed by atoms with Crippen molar-refractivity contribution in [2.45, 2.75) is 64.1 Å². The second-order valence-electron chi connectivity index (χ2n) is 8.49. The number of amides is 2. The fourth-order valence-electron chi connectivity index (χ4n) is 3.14. The van der Waals surface area contributed by atoms with Gasteiger partial charge in [-0.25, -0.2) is 9.59 Å². The monoisotopic (exact) mass is 432 g/mol. The number of ether oxygens (including phenoxy) is 1. The molecule has 0 unspecified atom stereocenters. The van der Waals surface area contributed by atoms with E-state index >= 15 is 0 Å². The van der Waals surface area contributed by atoms with Gasteiger partial charge in [0.15, 0.2) is 0 Å². The zero-order valence-electron chi connectivity index (χ0n) is 18.2. The SMILES string of the molecule is CC(C)(C)OC(=O)NCCCC[C@H](NC(=O)[C@@H](N)Cc1c[nH]c2ccccc12)C(=O)O. The van der Waals surface area contributed by atoms with E-state index < -0.39 is 35.7 Å². The van der Waals surface area contributed by atoms with Crippen molar-refractivity contribution in [1.29, 1.82) is 0 Å². The van der Waals surface area contributed by atoms with Crippen molar-refractivity contribution in [3.8, 4) is 0 Å². The van der Waals surface area contributed by atoms with Gasteiger partial charge >= 0.3 is 12.1 Å².